The minimum atomic E-state index is -0.547. The predicted molar refractivity (Wildman–Crippen MR) is 100 cm³/mol. The number of rotatable bonds is 8. The molecule has 1 unspecified atom stereocenters. The van der Waals surface area contributed by atoms with Crippen molar-refractivity contribution >= 4 is 12.0 Å². The molecular formula is C19H31N5O3. The largest absolute Gasteiger partial charge is 0.444 e. The first-order valence-electron chi connectivity index (χ1n) is 9.49. The number of carbonyl (C=O) groups excluding carboxylic acids is 2. The molecule has 1 fully saturated rings. The number of alkyl carbamates (subject to hydrolysis) is 1. The highest BCUT2D eigenvalue weighted by Crippen LogP contribution is 2.17. The molecule has 0 aliphatic carbocycles. The summed E-state index contributed by atoms with van der Waals surface area (Å²) in [6, 6.07) is 4.16. The Morgan fingerprint density at radius 2 is 1.81 bits per heavy atom. The molecule has 1 saturated heterocycles. The van der Waals surface area contributed by atoms with Crippen molar-refractivity contribution in [2.45, 2.75) is 64.5 Å². The van der Waals surface area contributed by atoms with Gasteiger partial charge in [-0.1, -0.05) is 6.42 Å². The van der Waals surface area contributed by atoms with Crippen LogP contribution in [0.2, 0.25) is 0 Å². The van der Waals surface area contributed by atoms with Crippen LogP contribution in [0.25, 0.3) is 0 Å². The highest BCUT2D eigenvalue weighted by atomic mass is 16.6. The second kappa shape index (κ2) is 11.4. The minimum absolute atomic E-state index is 0.0731. The summed E-state index contributed by atoms with van der Waals surface area (Å²) in [6.45, 7) is 7.57. The summed E-state index contributed by atoms with van der Waals surface area (Å²) in [4.78, 5) is 28.2. The van der Waals surface area contributed by atoms with Gasteiger partial charge in [0.1, 0.15) is 5.60 Å². The molecule has 27 heavy (non-hydrogen) atoms. The molecule has 150 valence electrons. The standard InChI is InChI=1S/C19H31N5O3/c1-19(2,3)27-18(26)22-14-16-8-4-5-11-24(16)15-17(25)23(12-6-9-20)13-7-10-21/h16H,4-8,11-15H2,1-3H3,(H,22,26). The molecule has 0 aromatic heterocycles. The third-order valence-corrected chi connectivity index (χ3v) is 4.31. The van der Waals surface area contributed by atoms with E-state index in [0.717, 1.165) is 25.8 Å². The van der Waals surface area contributed by atoms with Crippen LogP contribution in [-0.4, -0.2) is 66.2 Å². The van der Waals surface area contributed by atoms with E-state index < -0.39 is 11.7 Å². The van der Waals surface area contributed by atoms with Crippen LogP contribution in [-0.2, 0) is 9.53 Å². The fraction of sp³-hybridized carbons (Fsp3) is 0.789. The van der Waals surface area contributed by atoms with E-state index in [0.29, 0.717) is 19.6 Å². The van der Waals surface area contributed by atoms with Crippen LogP contribution >= 0.6 is 0 Å². The van der Waals surface area contributed by atoms with E-state index in [1.54, 1.807) is 4.90 Å². The quantitative estimate of drug-likeness (QED) is 0.693. The zero-order valence-corrected chi connectivity index (χ0v) is 16.7. The number of hydrogen-bond donors (Lipinski definition) is 1. The molecule has 1 N–H and O–H groups in total. The van der Waals surface area contributed by atoms with Gasteiger partial charge < -0.3 is 15.0 Å². The van der Waals surface area contributed by atoms with Gasteiger partial charge in [-0.2, -0.15) is 10.5 Å². The number of carbonyl (C=O) groups is 2. The molecule has 1 atom stereocenters. The van der Waals surface area contributed by atoms with Gasteiger partial charge in [0.25, 0.3) is 0 Å². The summed E-state index contributed by atoms with van der Waals surface area (Å²) >= 11 is 0. The van der Waals surface area contributed by atoms with Gasteiger partial charge in [-0.3, -0.25) is 9.69 Å². The lowest BCUT2D eigenvalue weighted by Gasteiger charge is -2.36. The van der Waals surface area contributed by atoms with Crippen LogP contribution in [0.1, 0.15) is 52.9 Å². The van der Waals surface area contributed by atoms with E-state index in [1.165, 1.54) is 0 Å². The number of ether oxygens (including phenoxy) is 1. The Kier molecular flexibility index (Phi) is 9.60. The molecular weight excluding hydrogens is 346 g/mol. The summed E-state index contributed by atoms with van der Waals surface area (Å²) in [5, 5.41) is 20.3. The number of piperidine rings is 1. The third-order valence-electron chi connectivity index (χ3n) is 4.31. The van der Waals surface area contributed by atoms with Crippen LogP contribution in [0.5, 0.6) is 0 Å². The van der Waals surface area contributed by atoms with E-state index in [9.17, 15) is 9.59 Å². The van der Waals surface area contributed by atoms with Crippen molar-refractivity contribution in [3.63, 3.8) is 0 Å². The van der Waals surface area contributed by atoms with Crippen LogP contribution in [0.3, 0.4) is 0 Å². The predicted octanol–water partition coefficient (Wildman–Crippen LogP) is 2.02. The Hall–Kier alpha value is -2.32. The lowest BCUT2D eigenvalue weighted by Crippen LogP contribution is -2.51. The highest BCUT2D eigenvalue weighted by Gasteiger charge is 2.27. The van der Waals surface area contributed by atoms with Crippen molar-refractivity contribution < 1.29 is 14.3 Å². The smallest absolute Gasteiger partial charge is 0.407 e. The summed E-state index contributed by atoms with van der Waals surface area (Å²) in [6.07, 6.45) is 3.01. The maximum Gasteiger partial charge on any atom is 0.407 e. The molecule has 0 aromatic carbocycles. The topological polar surface area (TPSA) is 109 Å². The zero-order valence-electron chi connectivity index (χ0n) is 16.7. The monoisotopic (exact) mass is 377 g/mol. The molecule has 0 radical (unpaired) electrons. The van der Waals surface area contributed by atoms with Crippen molar-refractivity contribution in [1.29, 1.82) is 10.5 Å². The molecule has 0 saturated carbocycles. The van der Waals surface area contributed by atoms with E-state index in [2.05, 4.69) is 10.2 Å². The highest BCUT2D eigenvalue weighted by molar-refractivity contribution is 5.78. The molecule has 1 aliphatic heterocycles. The molecule has 1 heterocycles. The number of nitrogens with one attached hydrogen (secondary N) is 1. The normalized spacial score (nSPS) is 17.4. The van der Waals surface area contributed by atoms with Gasteiger partial charge in [0.05, 0.1) is 31.5 Å². The van der Waals surface area contributed by atoms with Crippen molar-refractivity contribution in [1.82, 2.24) is 15.1 Å². The zero-order chi connectivity index (χ0) is 20.3. The first-order chi connectivity index (χ1) is 12.8. The maximum absolute atomic E-state index is 12.6. The van der Waals surface area contributed by atoms with Crippen molar-refractivity contribution in [3.8, 4) is 12.1 Å². The Balaban J connectivity index is 2.60. The second-order valence-electron chi connectivity index (χ2n) is 7.70. The average Bonchev–Trinajstić information content (AvgIpc) is 2.59. The van der Waals surface area contributed by atoms with Gasteiger partial charge in [0.15, 0.2) is 0 Å². The average molecular weight is 377 g/mol. The number of hydrogen-bond acceptors (Lipinski definition) is 6. The Morgan fingerprint density at radius 3 is 2.37 bits per heavy atom. The van der Waals surface area contributed by atoms with Gasteiger partial charge in [-0.25, -0.2) is 4.79 Å². The van der Waals surface area contributed by atoms with E-state index >= 15 is 0 Å². The number of likely N-dealkylation sites (tertiary alicyclic amines) is 1. The molecule has 8 heteroatoms. The van der Waals surface area contributed by atoms with E-state index in [1.807, 2.05) is 32.9 Å². The molecule has 0 aromatic rings. The number of nitriles is 2. The summed E-state index contributed by atoms with van der Waals surface area (Å²) < 4.78 is 5.27. The van der Waals surface area contributed by atoms with Crippen molar-refractivity contribution in [2.75, 3.05) is 32.7 Å². The fourth-order valence-corrected chi connectivity index (χ4v) is 3.02. The van der Waals surface area contributed by atoms with Crippen LogP contribution < -0.4 is 5.32 Å². The summed E-state index contributed by atoms with van der Waals surface area (Å²) in [5.74, 6) is -0.0790. The molecule has 1 aliphatic rings. The van der Waals surface area contributed by atoms with Crippen LogP contribution in [0, 0.1) is 22.7 Å². The summed E-state index contributed by atoms with van der Waals surface area (Å²) in [7, 11) is 0. The minimum Gasteiger partial charge on any atom is -0.444 e. The molecule has 1 rings (SSSR count). The van der Waals surface area contributed by atoms with Gasteiger partial charge in [0.2, 0.25) is 5.91 Å². The molecule has 8 nitrogen and oxygen atoms in total. The molecule has 2 amide bonds. The van der Waals surface area contributed by atoms with E-state index in [-0.39, 0.29) is 31.3 Å². The van der Waals surface area contributed by atoms with Gasteiger partial charge in [0, 0.05) is 25.7 Å². The Bertz CT molecular complexity index is 555. The van der Waals surface area contributed by atoms with Gasteiger partial charge in [-0.15, -0.1) is 0 Å². The molecule has 0 spiro atoms. The van der Waals surface area contributed by atoms with E-state index in [4.69, 9.17) is 15.3 Å². The van der Waals surface area contributed by atoms with Crippen molar-refractivity contribution in [2.24, 2.45) is 0 Å². The number of amides is 2. The summed E-state index contributed by atoms with van der Waals surface area (Å²) in [5.41, 5.74) is -0.547. The lowest BCUT2D eigenvalue weighted by molar-refractivity contribution is -0.133. The van der Waals surface area contributed by atoms with Crippen molar-refractivity contribution in [3.05, 3.63) is 0 Å². The Labute approximate surface area is 162 Å². The van der Waals surface area contributed by atoms with Crippen LogP contribution in [0.4, 0.5) is 4.79 Å². The number of nitrogens with zero attached hydrogens (tertiary/aromatic N) is 4. The van der Waals surface area contributed by atoms with Gasteiger partial charge >= 0.3 is 6.09 Å². The third kappa shape index (κ3) is 9.25. The second-order valence-corrected chi connectivity index (χ2v) is 7.70. The SMILES string of the molecule is CC(C)(C)OC(=O)NCC1CCCCN1CC(=O)N(CCC#N)CCC#N. The lowest BCUT2D eigenvalue weighted by atomic mass is 10.0. The molecule has 0 bridgehead atoms. The first-order valence-corrected chi connectivity index (χ1v) is 9.49. The van der Waals surface area contributed by atoms with Gasteiger partial charge in [-0.05, 0) is 40.2 Å². The Morgan fingerprint density at radius 1 is 1.19 bits per heavy atom. The fourth-order valence-electron chi connectivity index (χ4n) is 3.02. The van der Waals surface area contributed by atoms with Crippen LogP contribution in [0.15, 0.2) is 0 Å². The maximum atomic E-state index is 12.6. The first kappa shape index (κ1) is 22.7.